The van der Waals surface area contributed by atoms with Crippen LogP contribution in [0, 0.1) is 5.82 Å². The molecule has 1 aliphatic rings. The second kappa shape index (κ2) is 5.20. The molecule has 21 heavy (non-hydrogen) atoms. The van der Waals surface area contributed by atoms with E-state index in [2.05, 4.69) is 0 Å². The van der Waals surface area contributed by atoms with E-state index in [-0.39, 0.29) is 12.4 Å². The van der Waals surface area contributed by atoms with E-state index in [1.54, 1.807) is 11.0 Å². The lowest BCUT2D eigenvalue weighted by Gasteiger charge is -2.31. The van der Waals surface area contributed by atoms with Crippen molar-refractivity contribution in [3.05, 3.63) is 29.6 Å². The molecule has 1 heterocycles. The summed E-state index contributed by atoms with van der Waals surface area (Å²) >= 11 is 0. The highest BCUT2D eigenvalue weighted by atomic mass is 19.1. The molecule has 1 aliphatic heterocycles. The van der Waals surface area contributed by atoms with Gasteiger partial charge in [-0.05, 0) is 52.8 Å². The number of amides is 1. The zero-order valence-corrected chi connectivity index (χ0v) is 13.2. The van der Waals surface area contributed by atoms with Gasteiger partial charge < -0.3 is 9.47 Å². The van der Waals surface area contributed by atoms with Gasteiger partial charge in [-0.3, -0.25) is 4.90 Å². The Morgan fingerprint density at radius 2 is 2.05 bits per heavy atom. The topological polar surface area (TPSA) is 38.8 Å². The van der Waals surface area contributed by atoms with Gasteiger partial charge in [-0.15, -0.1) is 0 Å². The van der Waals surface area contributed by atoms with Crippen molar-refractivity contribution in [1.29, 1.82) is 0 Å². The van der Waals surface area contributed by atoms with E-state index in [0.717, 1.165) is 0 Å². The smallest absolute Gasteiger partial charge is 0.410 e. The standard InChI is InChI=1S/C16H22FNO3/c1-15(2,3)21-14(19)18-9-11-8-12(17)6-7-13(11)20-16(4,5)10-18/h6-8H,9-10H2,1-5H3. The van der Waals surface area contributed by atoms with Crippen molar-refractivity contribution in [3.8, 4) is 5.75 Å². The fourth-order valence-electron chi connectivity index (χ4n) is 2.28. The summed E-state index contributed by atoms with van der Waals surface area (Å²) < 4.78 is 24.7. The number of nitrogens with zero attached hydrogens (tertiary/aromatic N) is 1. The van der Waals surface area contributed by atoms with Gasteiger partial charge in [0.25, 0.3) is 0 Å². The zero-order chi connectivity index (χ0) is 15.8. The number of fused-ring (bicyclic) bond motifs is 1. The molecule has 1 amide bonds. The molecular formula is C16H22FNO3. The number of carbonyl (C=O) groups is 1. The van der Waals surface area contributed by atoms with Crippen LogP contribution in [0.1, 0.15) is 40.2 Å². The first-order valence-corrected chi connectivity index (χ1v) is 7.01. The maximum absolute atomic E-state index is 13.4. The number of rotatable bonds is 0. The predicted octanol–water partition coefficient (Wildman–Crippen LogP) is 3.73. The van der Waals surface area contributed by atoms with Crippen molar-refractivity contribution in [1.82, 2.24) is 4.90 Å². The second-order valence-electron chi connectivity index (χ2n) is 6.95. The van der Waals surface area contributed by atoms with Gasteiger partial charge in [0.1, 0.15) is 22.8 Å². The normalized spacial score (nSPS) is 17.5. The van der Waals surface area contributed by atoms with E-state index in [1.165, 1.54) is 12.1 Å². The van der Waals surface area contributed by atoms with Crippen LogP contribution in [0.2, 0.25) is 0 Å². The molecule has 0 saturated heterocycles. The van der Waals surface area contributed by atoms with Gasteiger partial charge >= 0.3 is 6.09 Å². The van der Waals surface area contributed by atoms with Crippen molar-refractivity contribution in [2.24, 2.45) is 0 Å². The monoisotopic (exact) mass is 295 g/mol. The van der Waals surface area contributed by atoms with Crippen LogP contribution in [0.5, 0.6) is 5.75 Å². The van der Waals surface area contributed by atoms with Crippen LogP contribution in [-0.4, -0.2) is 28.7 Å². The lowest BCUT2D eigenvalue weighted by Crippen LogP contribution is -2.45. The summed E-state index contributed by atoms with van der Waals surface area (Å²) in [4.78, 5) is 13.9. The summed E-state index contributed by atoms with van der Waals surface area (Å²) in [5.74, 6) is 0.258. The minimum Gasteiger partial charge on any atom is -0.486 e. The quantitative estimate of drug-likeness (QED) is 0.732. The maximum Gasteiger partial charge on any atom is 0.410 e. The SMILES string of the molecule is CC(C)(C)OC(=O)N1Cc2cc(F)ccc2OC(C)(C)C1. The number of hydrogen-bond donors (Lipinski definition) is 0. The average Bonchev–Trinajstić information content (AvgIpc) is 2.41. The summed E-state index contributed by atoms with van der Waals surface area (Å²) in [6.07, 6.45) is -0.420. The van der Waals surface area contributed by atoms with E-state index < -0.39 is 17.3 Å². The molecule has 0 unspecified atom stereocenters. The van der Waals surface area contributed by atoms with Crippen LogP contribution in [0.3, 0.4) is 0 Å². The number of carbonyl (C=O) groups excluding carboxylic acids is 1. The molecule has 0 fully saturated rings. The molecular weight excluding hydrogens is 273 g/mol. The van der Waals surface area contributed by atoms with Gasteiger partial charge in [-0.25, -0.2) is 9.18 Å². The number of ether oxygens (including phenoxy) is 2. The first kappa shape index (κ1) is 15.6. The fraction of sp³-hybridized carbons (Fsp3) is 0.562. The summed E-state index contributed by atoms with van der Waals surface area (Å²) in [6, 6.07) is 4.36. The Kier molecular flexibility index (Phi) is 3.87. The molecule has 0 aliphatic carbocycles. The molecule has 0 spiro atoms. The van der Waals surface area contributed by atoms with E-state index in [4.69, 9.17) is 9.47 Å². The number of halogens is 1. The third kappa shape index (κ3) is 4.09. The van der Waals surface area contributed by atoms with Crippen LogP contribution in [0.25, 0.3) is 0 Å². The minimum absolute atomic E-state index is 0.269. The van der Waals surface area contributed by atoms with Crippen LogP contribution in [-0.2, 0) is 11.3 Å². The molecule has 0 radical (unpaired) electrons. The molecule has 0 atom stereocenters. The van der Waals surface area contributed by atoms with Gasteiger partial charge in [0, 0.05) is 5.56 Å². The van der Waals surface area contributed by atoms with Crippen LogP contribution in [0.15, 0.2) is 18.2 Å². The highest BCUT2D eigenvalue weighted by molar-refractivity contribution is 5.68. The molecule has 1 aromatic rings. The Balaban J connectivity index is 2.30. The van der Waals surface area contributed by atoms with Crippen molar-refractivity contribution < 1.29 is 18.7 Å². The van der Waals surface area contributed by atoms with E-state index in [9.17, 15) is 9.18 Å². The van der Waals surface area contributed by atoms with Crippen molar-refractivity contribution in [2.75, 3.05) is 6.54 Å². The molecule has 0 aromatic heterocycles. The van der Waals surface area contributed by atoms with E-state index in [0.29, 0.717) is 17.9 Å². The van der Waals surface area contributed by atoms with Gasteiger partial charge in [0.2, 0.25) is 0 Å². The van der Waals surface area contributed by atoms with Gasteiger partial charge in [-0.2, -0.15) is 0 Å². The Labute approximate surface area is 124 Å². The zero-order valence-electron chi connectivity index (χ0n) is 13.2. The summed E-state index contributed by atoms with van der Waals surface area (Å²) in [6.45, 7) is 9.88. The molecule has 0 saturated carbocycles. The van der Waals surface area contributed by atoms with Gasteiger partial charge in [0.15, 0.2) is 0 Å². The highest BCUT2D eigenvalue weighted by Crippen LogP contribution is 2.30. The Morgan fingerprint density at radius 3 is 2.67 bits per heavy atom. The van der Waals surface area contributed by atoms with Crippen LogP contribution in [0.4, 0.5) is 9.18 Å². The largest absolute Gasteiger partial charge is 0.486 e. The Bertz CT molecular complexity index is 549. The average molecular weight is 295 g/mol. The first-order valence-electron chi connectivity index (χ1n) is 7.01. The van der Waals surface area contributed by atoms with Gasteiger partial charge in [-0.1, -0.05) is 0 Å². The molecule has 4 nitrogen and oxygen atoms in total. The molecule has 5 heteroatoms. The van der Waals surface area contributed by atoms with Crippen molar-refractivity contribution in [2.45, 2.75) is 52.4 Å². The molecule has 0 N–H and O–H groups in total. The molecule has 2 rings (SSSR count). The van der Waals surface area contributed by atoms with Crippen LogP contribution < -0.4 is 4.74 Å². The minimum atomic E-state index is -0.570. The molecule has 1 aromatic carbocycles. The van der Waals surface area contributed by atoms with Gasteiger partial charge in [0.05, 0.1) is 13.1 Å². The Hall–Kier alpha value is -1.78. The summed E-state index contributed by atoms with van der Waals surface area (Å²) in [7, 11) is 0. The maximum atomic E-state index is 13.4. The summed E-state index contributed by atoms with van der Waals surface area (Å²) in [5, 5.41) is 0. The first-order chi connectivity index (χ1) is 9.56. The Morgan fingerprint density at radius 1 is 1.38 bits per heavy atom. The molecule has 116 valence electrons. The number of hydrogen-bond acceptors (Lipinski definition) is 3. The highest BCUT2D eigenvalue weighted by Gasteiger charge is 2.33. The second-order valence-corrected chi connectivity index (χ2v) is 6.95. The lowest BCUT2D eigenvalue weighted by atomic mass is 10.1. The van der Waals surface area contributed by atoms with Crippen molar-refractivity contribution in [3.63, 3.8) is 0 Å². The third-order valence-corrected chi connectivity index (χ3v) is 2.99. The fourth-order valence-corrected chi connectivity index (χ4v) is 2.28. The van der Waals surface area contributed by atoms with E-state index in [1.807, 2.05) is 34.6 Å². The molecule has 0 bridgehead atoms. The van der Waals surface area contributed by atoms with E-state index >= 15 is 0 Å². The predicted molar refractivity (Wildman–Crippen MR) is 77.8 cm³/mol. The summed E-state index contributed by atoms with van der Waals surface area (Å²) in [5.41, 5.74) is -0.495. The third-order valence-electron chi connectivity index (χ3n) is 2.99. The number of benzene rings is 1. The lowest BCUT2D eigenvalue weighted by molar-refractivity contribution is 0.00752. The van der Waals surface area contributed by atoms with Crippen LogP contribution >= 0.6 is 0 Å². The van der Waals surface area contributed by atoms with Crippen molar-refractivity contribution >= 4 is 6.09 Å².